The van der Waals surface area contributed by atoms with Gasteiger partial charge >= 0.3 is 0 Å². The first kappa shape index (κ1) is 13.3. The van der Waals surface area contributed by atoms with Gasteiger partial charge in [0.25, 0.3) is 0 Å². The molecule has 1 N–H and O–H groups in total. The predicted molar refractivity (Wildman–Crippen MR) is 74.7 cm³/mol. The lowest BCUT2D eigenvalue weighted by Gasteiger charge is -2.26. The van der Waals surface area contributed by atoms with Crippen molar-refractivity contribution in [2.24, 2.45) is 5.92 Å². The number of nitrogens with one attached hydrogen (secondary N) is 1. The number of nitrogens with zero attached hydrogens (tertiary/aromatic N) is 3. The summed E-state index contributed by atoms with van der Waals surface area (Å²) in [7, 11) is 0. The molecular weight excluding hydrogens is 224 g/mol. The Morgan fingerprint density at radius 2 is 2.28 bits per heavy atom. The van der Waals surface area contributed by atoms with Crippen LogP contribution in [0.2, 0.25) is 0 Å². The van der Waals surface area contributed by atoms with Crippen molar-refractivity contribution < 1.29 is 0 Å². The molecule has 0 aliphatic carbocycles. The molecule has 1 aromatic rings. The molecule has 100 valence electrons. The second-order valence-electron chi connectivity index (χ2n) is 5.61. The minimum absolute atomic E-state index is 0.655. The summed E-state index contributed by atoms with van der Waals surface area (Å²) in [5, 5.41) is 3.44. The zero-order valence-electron chi connectivity index (χ0n) is 11.7. The van der Waals surface area contributed by atoms with Gasteiger partial charge < -0.3 is 5.32 Å². The summed E-state index contributed by atoms with van der Waals surface area (Å²) < 4.78 is 0. The number of rotatable bonds is 5. The van der Waals surface area contributed by atoms with Crippen molar-refractivity contribution in [1.82, 2.24) is 14.9 Å². The summed E-state index contributed by atoms with van der Waals surface area (Å²) in [4.78, 5) is 11.0. The van der Waals surface area contributed by atoms with Crippen LogP contribution in [0.4, 0.5) is 5.82 Å². The van der Waals surface area contributed by atoms with Crippen molar-refractivity contribution >= 4 is 5.82 Å². The van der Waals surface area contributed by atoms with E-state index in [9.17, 15) is 0 Å². The van der Waals surface area contributed by atoms with Gasteiger partial charge in [-0.1, -0.05) is 13.8 Å². The maximum atomic E-state index is 4.25. The molecule has 0 amide bonds. The maximum Gasteiger partial charge on any atom is 0.129 e. The van der Waals surface area contributed by atoms with E-state index in [0.29, 0.717) is 6.04 Å². The fourth-order valence-electron chi connectivity index (χ4n) is 2.61. The van der Waals surface area contributed by atoms with Gasteiger partial charge in [-0.3, -0.25) is 4.90 Å². The van der Waals surface area contributed by atoms with Gasteiger partial charge in [-0.25, -0.2) is 9.97 Å². The van der Waals surface area contributed by atoms with E-state index >= 15 is 0 Å². The molecule has 1 atom stereocenters. The van der Waals surface area contributed by atoms with Gasteiger partial charge in [0.1, 0.15) is 12.1 Å². The third kappa shape index (κ3) is 3.67. The van der Waals surface area contributed by atoms with Crippen LogP contribution in [-0.4, -0.2) is 40.5 Å². The summed E-state index contributed by atoms with van der Waals surface area (Å²) >= 11 is 0. The Labute approximate surface area is 110 Å². The molecule has 1 aliphatic heterocycles. The van der Waals surface area contributed by atoms with Gasteiger partial charge in [-0.2, -0.15) is 0 Å². The van der Waals surface area contributed by atoms with Crippen LogP contribution in [0.1, 0.15) is 32.4 Å². The fraction of sp³-hybridized carbons (Fsp3) is 0.714. The van der Waals surface area contributed by atoms with E-state index in [1.54, 1.807) is 6.33 Å². The first-order chi connectivity index (χ1) is 8.65. The Morgan fingerprint density at radius 1 is 1.44 bits per heavy atom. The van der Waals surface area contributed by atoms with E-state index in [1.165, 1.54) is 25.9 Å². The van der Waals surface area contributed by atoms with Crippen LogP contribution in [0.5, 0.6) is 0 Å². The number of likely N-dealkylation sites (tertiary alicyclic amines) is 1. The Kier molecular flexibility index (Phi) is 4.53. The van der Waals surface area contributed by atoms with Gasteiger partial charge in [0.05, 0.1) is 0 Å². The molecule has 2 rings (SSSR count). The van der Waals surface area contributed by atoms with Crippen LogP contribution >= 0.6 is 0 Å². The van der Waals surface area contributed by atoms with Crippen molar-refractivity contribution in [3.05, 3.63) is 18.1 Å². The standard InChI is InChI=1S/C14H24N4/c1-11(2)9-18-6-4-5-13(18)8-15-14-7-12(3)16-10-17-14/h7,10-11,13H,4-6,8-9H2,1-3H3,(H,15,16,17)/t13-/m0/s1. The van der Waals surface area contributed by atoms with E-state index in [2.05, 4.69) is 34.0 Å². The van der Waals surface area contributed by atoms with Crippen LogP contribution in [0.3, 0.4) is 0 Å². The molecule has 0 radical (unpaired) electrons. The van der Waals surface area contributed by atoms with Gasteiger partial charge in [-0.15, -0.1) is 0 Å². The van der Waals surface area contributed by atoms with E-state index in [0.717, 1.165) is 24.0 Å². The van der Waals surface area contributed by atoms with E-state index in [-0.39, 0.29) is 0 Å². The van der Waals surface area contributed by atoms with Gasteiger partial charge in [0, 0.05) is 30.9 Å². The van der Waals surface area contributed by atoms with E-state index in [1.807, 2.05) is 13.0 Å². The third-order valence-corrected chi connectivity index (χ3v) is 3.42. The van der Waals surface area contributed by atoms with Crippen LogP contribution < -0.4 is 5.32 Å². The SMILES string of the molecule is Cc1cc(NC[C@@H]2CCCN2CC(C)C)ncn1. The van der Waals surface area contributed by atoms with Gasteiger partial charge in [-0.05, 0) is 32.2 Å². The van der Waals surface area contributed by atoms with Crippen molar-refractivity contribution in [1.29, 1.82) is 0 Å². The molecule has 0 bridgehead atoms. The van der Waals surface area contributed by atoms with Gasteiger partial charge in [0.15, 0.2) is 0 Å². The van der Waals surface area contributed by atoms with Crippen molar-refractivity contribution in [3.63, 3.8) is 0 Å². The number of hydrogen-bond acceptors (Lipinski definition) is 4. The second-order valence-corrected chi connectivity index (χ2v) is 5.61. The van der Waals surface area contributed by atoms with Crippen LogP contribution in [0, 0.1) is 12.8 Å². The monoisotopic (exact) mass is 248 g/mol. The minimum atomic E-state index is 0.655. The molecule has 1 aliphatic rings. The van der Waals surface area contributed by atoms with Crippen LogP contribution in [0.25, 0.3) is 0 Å². The Morgan fingerprint density at radius 3 is 3.00 bits per heavy atom. The average molecular weight is 248 g/mol. The van der Waals surface area contributed by atoms with E-state index in [4.69, 9.17) is 0 Å². The first-order valence-electron chi connectivity index (χ1n) is 6.91. The summed E-state index contributed by atoms with van der Waals surface area (Å²) in [5.74, 6) is 1.69. The Balaban J connectivity index is 1.85. The lowest BCUT2D eigenvalue weighted by molar-refractivity contribution is 0.234. The molecule has 2 heterocycles. The fourth-order valence-corrected chi connectivity index (χ4v) is 2.61. The predicted octanol–water partition coefficient (Wildman–Crippen LogP) is 2.32. The van der Waals surface area contributed by atoms with Crippen molar-refractivity contribution in [2.45, 2.75) is 39.7 Å². The minimum Gasteiger partial charge on any atom is -0.368 e. The highest BCUT2D eigenvalue weighted by Crippen LogP contribution is 2.19. The maximum absolute atomic E-state index is 4.25. The first-order valence-corrected chi connectivity index (χ1v) is 6.91. The molecule has 0 unspecified atom stereocenters. The quantitative estimate of drug-likeness (QED) is 0.868. The third-order valence-electron chi connectivity index (χ3n) is 3.42. The molecule has 1 fully saturated rings. The highest BCUT2D eigenvalue weighted by Gasteiger charge is 2.24. The van der Waals surface area contributed by atoms with Crippen molar-refractivity contribution in [3.8, 4) is 0 Å². The lowest BCUT2D eigenvalue weighted by atomic mass is 10.1. The molecule has 18 heavy (non-hydrogen) atoms. The normalized spacial score (nSPS) is 20.6. The summed E-state index contributed by atoms with van der Waals surface area (Å²) in [5.41, 5.74) is 1.01. The van der Waals surface area contributed by atoms with Crippen molar-refractivity contribution in [2.75, 3.05) is 25.0 Å². The highest BCUT2D eigenvalue weighted by molar-refractivity contribution is 5.34. The molecule has 1 saturated heterocycles. The zero-order valence-corrected chi connectivity index (χ0v) is 11.7. The zero-order chi connectivity index (χ0) is 13.0. The Hall–Kier alpha value is -1.16. The number of anilines is 1. The lowest BCUT2D eigenvalue weighted by Crippen LogP contribution is -2.37. The van der Waals surface area contributed by atoms with Crippen LogP contribution in [0.15, 0.2) is 12.4 Å². The summed E-state index contributed by atoms with van der Waals surface area (Å²) in [6.07, 6.45) is 4.24. The second kappa shape index (κ2) is 6.14. The molecule has 0 aromatic carbocycles. The molecule has 4 heteroatoms. The molecule has 0 spiro atoms. The number of hydrogen-bond donors (Lipinski definition) is 1. The largest absolute Gasteiger partial charge is 0.368 e. The number of aromatic nitrogens is 2. The average Bonchev–Trinajstić information content (AvgIpc) is 2.73. The smallest absolute Gasteiger partial charge is 0.129 e. The molecule has 0 saturated carbocycles. The van der Waals surface area contributed by atoms with Crippen LogP contribution in [-0.2, 0) is 0 Å². The highest BCUT2D eigenvalue weighted by atomic mass is 15.2. The number of aryl methyl sites for hydroxylation is 1. The summed E-state index contributed by atoms with van der Waals surface area (Å²) in [6.45, 7) is 10.0. The molecular formula is C14H24N4. The topological polar surface area (TPSA) is 41.0 Å². The Bertz CT molecular complexity index is 378. The molecule has 4 nitrogen and oxygen atoms in total. The van der Waals surface area contributed by atoms with Gasteiger partial charge in [0.2, 0.25) is 0 Å². The summed E-state index contributed by atoms with van der Waals surface area (Å²) in [6, 6.07) is 2.66. The molecule has 1 aromatic heterocycles. The van der Waals surface area contributed by atoms with E-state index < -0.39 is 0 Å².